The summed E-state index contributed by atoms with van der Waals surface area (Å²) in [5, 5.41) is 4.57. The zero-order chi connectivity index (χ0) is 16.5. The number of nitrogens with zero attached hydrogens (tertiary/aromatic N) is 4. The van der Waals surface area contributed by atoms with E-state index >= 15 is 0 Å². The van der Waals surface area contributed by atoms with Crippen molar-refractivity contribution in [2.24, 2.45) is 0 Å². The van der Waals surface area contributed by atoms with Crippen LogP contribution in [0.5, 0.6) is 5.75 Å². The van der Waals surface area contributed by atoms with Crippen LogP contribution in [0, 0.1) is 0 Å². The van der Waals surface area contributed by atoms with E-state index in [1.165, 1.54) is 0 Å². The van der Waals surface area contributed by atoms with Crippen LogP contribution >= 0.6 is 27.5 Å². The Morgan fingerprint density at radius 3 is 3.04 bits per heavy atom. The lowest BCUT2D eigenvalue weighted by atomic mass is 10.2. The van der Waals surface area contributed by atoms with Crippen molar-refractivity contribution in [3.05, 3.63) is 51.9 Å². The Kier molecular flexibility index (Phi) is 4.12. The number of hydrogen-bond donors (Lipinski definition) is 0. The highest BCUT2D eigenvalue weighted by molar-refractivity contribution is 9.10. The average molecular weight is 408 g/mol. The highest BCUT2D eigenvalue weighted by Gasteiger charge is 2.23. The molecule has 8 heteroatoms. The monoisotopic (exact) mass is 406 g/mol. The smallest absolute Gasteiger partial charge is 0.246 e. The predicted octanol–water partition coefficient (Wildman–Crippen LogP) is 3.95. The fourth-order valence-electron chi connectivity index (χ4n) is 2.55. The summed E-state index contributed by atoms with van der Waals surface area (Å²) in [5.74, 6) is 1.67. The van der Waals surface area contributed by atoms with Crippen LogP contribution in [-0.2, 0) is 6.54 Å². The first-order chi connectivity index (χ1) is 11.7. The first-order valence-corrected chi connectivity index (χ1v) is 8.48. The van der Waals surface area contributed by atoms with Gasteiger partial charge in [0, 0.05) is 10.7 Å². The van der Waals surface area contributed by atoms with Crippen LogP contribution in [0.15, 0.2) is 45.5 Å². The van der Waals surface area contributed by atoms with Crippen molar-refractivity contribution >= 4 is 33.2 Å². The second kappa shape index (κ2) is 6.41. The molecule has 0 saturated carbocycles. The number of hydrogen-bond acceptors (Lipinski definition) is 6. The fraction of sp³-hybridized carbons (Fsp3) is 0.188. The summed E-state index contributed by atoms with van der Waals surface area (Å²) >= 11 is 9.72. The number of benzene rings is 1. The highest BCUT2D eigenvalue weighted by Crippen LogP contribution is 2.41. The van der Waals surface area contributed by atoms with Crippen molar-refractivity contribution in [3.8, 4) is 17.3 Å². The molecule has 1 aliphatic rings. The third-order valence-corrected chi connectivity index (χ3v) is 4.36. The van der Waals surface area contributed by atoms with Gasteiger partial charge in [0.1, 0.15) is 12.3 Å². The molecule has 0 spiro atoms. The highest BCUT2D eigenvalue weighted by atomic mass is 79.9. The van der Waals surface area contributed by atoms with Gasteiger partial charge in [0.25, 0.3) is 0 Å². The molecule has 0 N–H and O–H groups in total. The van der Waals surface area contributed by atoms with E-state index in [1.807, 2.05) is 30.3 Å². The van der Waals surface area contributed by atoms with E-state index in [2.05, 4.69) is 36.0 Å². The lowest BCUT2D eigenvalue weighted by Gasteiger charge is -2.30. The number of aromatic nitrogens is 3. The second-order valence-corrected chi connectivity index (χ2v) is 6.56. The van der Waals surface area contributed by atoms with Crippen LogP contribution in [0.3, 0.4) is 0 Å². The minimum atomic E-state index is 0.475. The third-order valence-electron chi connectivity index (χ3n) is 3.63. The predicted molar refractivity (Wildman–Crippen MR) is 93.2 cm³/mol. The van der Waals surface area contributed by atoms with E-state index in [1.54, 1.807) is 6.20 Å². The van der Waals surface area contributed by atoms with Crippen LogP contribution in [0.4, 0.5) is 5.69 Å². The third kappa shape index (κ3) is 2.97. The lowest BCUT2D eigenvalue weighted by molar-refractivity contribution is 0.300. The molecule has 0 radical (unpaired) electrons. The van der Waals surface area contributed by atoms with E-state index in [9.17, 15) is 0 Å². The molecule has 6 nitrogen and oxygen atoms in total. The molecule has 0 amide bonds. The summed E-state index contributed by atoms with van der Waals surface area (Å²) in [7, 11) is 0. The standard InChI is InChI=1S/C16H12BrClN4O2/c17-10-7-11(18)15-13(8-10)22(5-6-23-15)9-14-20-16(21-24-14)12-3-1-2-4-19-12/h1-4,7-8H,5-6,9H2. The average Bonchev–Trinajstić information content (AvgIpc) is 3.05. The maximum atomic E-state index is 6.26. The summed E-state index contributed by atoms with van der Waals surface area (Å²) in [6.07, 6.45) is 1.70. The molecule has 0 atom stereocenters. The van der Waals surface area contributed by atoms with Crippen LogP contribution in [0.2, 0.25) is 5.02 Å². The Hall–Kier alpha value is -2.12. The maximum Gasteiger partial charge on any atom is 0.246 e. The molecule has 0 aliphatic carbocycles. The zero-order valence-corrected chi connectivity index (χ0v) is 14.8. The minimum Gasteiger partial charge on any atom is -0.488 e. The Morgan fingerprint density at radius 1 is 1.29 bits per heavy atom. The molecule has 24 heavy (non-hydrogen) atoms. The molecule has 0 unspecified atom stereocenters. The number of fused-ring (bicyclic) bond motifs is 1. The van der Waals surface area contributed by atoms with Gasteiger partial charge in [-0.15, -0.1) is 0 Å². The summed E-state index contributed by atoms with van der Waals surface area (Å²) in [5.41, 5.74) is 1.58. The van der Waals surface area contributed by atoms with Gasteiger partial charge in [-0.1, -0.05) is 38.8 Å². The molecule has 1 aromatic carbocycles. The number of anilines is 1. The molecular weight excluding hydrogens is 396 g/mol. The number of ether oxygens (including phenoxy) is 1. The summed E-state index contributed by atoms with van der Waals surface area (Å²) in [4.78, 5) is 10.8. The normalized spacial score (nSPS) is 13.5. The van der Waals surface area contributed by atoms with Crippen molar-refractivity contribution in [1.29, 1.82) is 0 Å². The quantitative estimate of drug-likeness (QED) is 0.655. The number of rotatable bonds is 3. The zero-order valence-electron chi connectivity index (χ0n) is 12.4. The summed E-state index contributed by atoms with van der Waals surface area (Å²) < 4.78 is 11.9. The Morgan fingerprint density at radius 2 is 2.21 bits per heavy atom. The summed E-state index contributed by atoms with van der Waals surface area (Å²) in [6, 6.07) is 9.36. The lowest BCUT2D eigenvalue weighted by Crippen LogP contribution is -2.32. The molecular formula is C16H12BrClN4O2. The van der Waals surface area contributed by atoms with E-state index in [0.717, 1.165) is 10.2 Å². The molecule has 0 fully saturated rings. The van der Waals surface area contributed by atoms with Gasteiger partial charge in [0.05, 0.1) is 23.8 Å². The van der Waals surface area contributed by atoms with E-state index in [-0.39, 0.29) is 0 Å². The molecule has 0 saturated heterocycles. The fourth-order valence-corrected chi connectivity index (χ4v) is 3.40. The maximum absolute atomic E-state index is 6.26. The number of pyridine rings is 1. The van der Waals surface area contributed by atoms with Crippen molar-refractivity contribution in [2.75, 3.05) is 18.1 Å². The van der Waals surface area contributed by atoms with Gasteiger partial charge in [-0.3, -0.25) is 4.98 Å². The van der Waals surface area contributed by atoms with E-state index in [0.29, 0.717) is 47.9 Å². The molecule has 122 valence electrons. The minimum absolute atomic E-state index is 0.475. The second-order valence-electron chi connectivity index (χ2n) is 5.23. The molecule has 2 aromatic heterocycles. The van der Waals surface area contributed by atoms with Crippen molar-refractivity contribution < 1.29 is 9.26 Å². The van der Waals surface area contributed by atoms with Crippen LogP contribution < -0.4 is 9.64 Å². The van der Waals surface area contributed by atoms with E-state index in [4.69, 9.17) is 20.9 Å². The molecule has 3 aromatic rings. The van der Waals surface area contributed by atoms with Crippen LogP contribution in [-0.4, -0.2) is 28.3 Å². The molecule has 1 aliphatic heterocycles. The van der Waals surface area contributed by atoms with Crippen LogP contribution in [0.25, 0.3) is 11.5 Å². The van der Waals surface area contributed by atoms with Gasteiger partial charge in [0.15, 0.2) is 5.75 Å². The van der Waals surface area contributed by atoms with Gasteiger partial charge >= 0.3 is 0 Å². The van der Waals surface area contributed by atoms with Gasteiger partial charge in [-0.05, 0) is 24.3 Å². The Labute approximate surface area is 151 Å². The molecule has 0 bridgehead atoms. The van der Waals surface area contributed by atoms with Crippen molar-refractivity contribution in [1.82, 2.24) is 15.1 Å². The first kappa shape index (κ1) is 15.4. The van der Waals surface area contributed by atoms with Crippen molar-refractivity contribution in [2.45, 2.75) is 6.54 Å². The van der Waals surface area contributed by atoms with Crippen molar-refractivity contribution in [3.63, 3.8) is 0 Å². The molecule has 3 heterocycles. The summed E-state index contributed by atoms with van der Waals surface area (Å²) in [6.45, 7) is 1.74. The Bertz CT molecular complexity index is 872. The number of halogens is 2. The van der Waals surface area contributed by atoms with Crippen LogP contribution in [0.1, 0.15) is 5.89 Å². The SMILES string of the molecule is Clc1cc(Br)cc2c1OCCN2Cc1nc(-c2ccccn2)no1. The van der Waals surface area contributed by atoms with E-state index < -0.39 is 0 Å². The van der Waals surface area contributed by atoms with Gasteiger partial charge in [-0.25, -0.2) is 0 Å². The molecule has 4 rings (SSSR count). The van der Waals surface area contributed by atoms with Gasteiger partial charge in [0.2, 0.25) is 11.7 Å². The van der Waals surface area contributed by atoms with Gasteiger partial charge < -0.3 is 14.2 Å². The largest absolute Gasteiger partial charge is 0.488 e. The van der Waals surface area contributed by atoms with Gasteiger partial charge in [-0.2, -0.15) is 4.98 Å². The topological polar surface area (TPSA) is 64.3 Å². The Balaban J connectivity index is 1.61. The first-order valence-electron chi connectivity index (χ1n) is 7.31.